The fourth-order valence-electron chi connectivity index (χ4n) is 1.02. The van der Waals surface area contributed by atoms with Gasteiger partial charge in [-0.2, -0.15) is 0 Å². The summed E-state index contributed by atoms with van der Waals surface area (Å²) in [5, 5.41) is 7.14. The van der Waals surface area contributed by atoms with Gasteiger partial charge in [-0.05, 0) is 18.6 Å². The Balaban J connectivity index is 3.10. The van der Waals surface area contributed by atoms with Gasteiger partial charge in [0.05, 0.1) is 12.8 Å². The lowest BCUT2D eigenvalue weighted by Gasteiger charge is -1.96. The van der Waals surface area contributed by atoms with E-state index in [0.717, 1.165) is 5.56 Å². The molecule has 0 fully saturated rings. The highest BCUT2D eigenvalue weighted by atomic mass is 16.5. The molecule has 0 amide bonds. The first-order valence-corrected chi connectivity index (χ1v) is 3.68. The van der Waals surface area contributed by atoms with Gasteiger partial charge in [0, 0.05) is 0 Å². The van der Waals surface area contributed by atoms with Crippen LogP contribution in [0.5, 0.6) is 0 Å². The summed E-state index contributed by atoms with van der Waals surface area (Å²) in [6.07, 6.45) is 0. The van der Waals surface area contributed by atoms with Crippen molar-refractivity contribution in [2.24, 2.45) is 5.73 Å². The van der Waals surface area contributed by atoms with Crippen LogP contribution >= 0.6 is 0 Å². The van der Waals surface area contributed by atoms with E-state index in [2.05, 4.69) is 9.72 Å². The van der Waals surface area contributed by atoms with E-state index in [0.29, 0.717) is 11.4 Å². The number of nitrogens with two attached hydrogens (primary N) is 1. The Morgan fingerprint density at radius 1 is 1.69 bits per heavy atom. The number of nitrogen functional groups attached to an aromatic ring is 1. The van der Waals surface area contributed by atoms with Gasteiger partial charge in [0.15, 0.2) is 0 Å². The number of aromatic nitrogens is 1. The molecule has 1 aromatic heterocycles. The zero-order valence-corrected chi connectivity index (χ0v) is 7.47. The van der Waals surface area contributed by atoms with E-state index in [9.17, 15) is 4.79 Å². The normalized spacial score (nSPS) is 9.69. The molecule has 0 aliphatic heterocycles. The molecule has 0 bridgehead atoms. The second-order valence-electron chi connectivity index (χ2n) is 2.65. The molecule has 0 aliphatic carbocycles. The summed E-state index contributed by atoms with van der Waals surface area (Å²) in [5.74, 6) is -0.553. The number of hydrogen-bond acceptors (Lipinski definition) is 3. The van der Waals surface area contributed by atoms with Crippen molar-refractivity contribution in [1.29, 1.82) is 5.41 Å². The molecule has 0 saturated heterocycles. The van der Waals surface area contributed by atoms with E-state index in [1.807, 2.05) is 0 Å². The smallest absolute Gasteiger partial charge is 0.354 e. The molecule has 0 aromatic carbocycles. The molecule has 13 heavy (non-hydrogen) atoms. The number of amidine groups is 1. The molecule has 4 N–H and O–H groups in total. The van der Waals surface area contributed by atoms with Crippen LogP contribution in [0.4, 0.5) is 0 Å². The van der Waals surface area contributed by atoms with E-state index < -0.39 is 5.97 Å². The summed E-state index contributed by atoms with van der Waals surface area (Å²) < 4.78 is 4.53. The number of carbonyl (C=O) groups is 1. The first-order valence-electron chi connectivity index (χ1n) is 3.68. The van der Waals surface area contributed by atoms with Crippen LogP contribution in [0.1, 0.15) is 21.7 Å². The third-order valence-electron chi connectivity index (χ3n) is 1.69. The van der Waals surface area contributed by atoms with Gasteiger partial charge in [-0.3, -0.25) is 5.41 Å². The minimum Gasteiger partial charge on any atom is -0.464 e. The van der Waals surface area contributed by atoms with Crippen LogP contribution in [0.25, 0.3) is 0 Å². The Morgan fingerprint density at radius 3 is 2.69 bits per heavy atom. The maximum atomic E-state index is 11.1. The number of carbonyl (C=O) groups excluding carboxylic acids is 1. The molecule has 70 valence electrons. The largest absolute Gasteiger partial charge is 0.464 e. The summed E-state index contributed by atoms with van der Waals surface area (Å²) in [5.41, 5.74) is 6.73. The molecular weight excluding hydrogens is 170 g/mol. The highest BCUT2D eigenvalue weighted by molar-refractivity contribution is 5.97. The van der Waals surface area contributed by atoms with Crippen molar-refractivity contribution in [2.75, 3.05) is 7.11 Å². The quantitative estimate of drug-likeness (QED) is 0.350. The summed E-state index contributed by atoms with van der Waals surface area (Å²) in [6.45, 7) is 1.75. The van der Waals surface area contributed by atoms with Gasteiger partial charge < -0.3 is 15.5 Å². The summed E-state index contributed by atoms with van der Waals surface area (Å²) in [6, 6.07) is 1.63. The van der Waals surface area contributed by atoms with Crippen LogP contribution < -0.4 is 5.73 Å². The summed E-state index contributed by atoms with van der Waals surface area (Å²) in [4.78, 5) is 13.8. The third kappa shape index (κ3) is 1.69. The number of nitrogens with one attached hydrogen (secondary N) is 2. The number of aryl methyl sites for hydroxylation is 1. The van der Waals surface area contributed by atoms with Crippen molar-refractivity contribution < 1.29 is 9.53 Å². The molecule has 0 atom stereocenters. The van der Waals surface area contributed by atoms with Gasteiger partial charge >= 0.3 is 5.97 Å². The van der Waals surface area contributed by atoms with Crippen molar-refractivity contribution in [3.05, 3.63) is 23.0 Å². The zero-order valence-electron chi connectivity index (χ0n) is 7.47. The molecular formula is C8H11N3O2. The molecule has 1 rings (SSSR count). The lowest BCUT2D eigenvalue weighted by molar-refractivity contribution is 0.0594. The van der Waals surface area contributed by atoms with Crippen LogP contribution in [0.15, 0.2) is 6.07 Å². The van der Waals surface area contributed by atoms with E-state index in [1.54, 1.807) is 13.0 Å². The Labute approximate surface area is 75.4 Å². The molecule has 1 aromatic rings. The molecule has 5 nitrogen and oxygen atoms in total. The zero-order chi connectivity index (χ0) is 10.0. The predicted octanol–water partition coefficient (Wildman–Crippen LogP) is 0.394. The molecule has 0 radical (unpaired) electrons. The van der Waals surface area contributed by atoms with Crippen LogP contribution in [-0.2, 0) is 4.74 Å². The fourth-order valence-corrected chi connectivity index (χ4v) is 1.02. The third-order valence-corrected chi connectivity index (χ3v) is 1.69. The van der Waals surface area contributed by atoms with Gasteiger partial charge in [-0.1, -0.05) is 0 Å². The Morgan fingerprint density at radius 2 is 2.31 bits per heavy atom. The van der Waals surface area contributed by atoms with Crippen molar-refractivity contribution in [3.63, 3.8) is 0 Å². The summed E-state index contributed by atoms with van der Waals surface area (Å²) in [7, 11) is 1.30. The van der Waals surface area contributed by atoms with E-state index in [-0.39, 0.29) is 5.84 Å². The van der Waals surface area contributed by atoms with Gasteiger partial charge in [0.25, 0.3) is 0 Å². The predicted molar refractivity (Wildman–Crippen MR) is 47.9 cm³/mol. The van der Waals surface area contributed by atoms with Crippen LogP contribution in [0, 0.1) is 12.3 Å². The van der Waals surface area contributed by atoms with Gasteiger partial charge in [-0.25, -0.2) is 4.79 Å². The van der Waals surface area contributed by atoms with Crippen LogP contribution in [0.2, 0.25) is 0 Å². The Kier molecular flexibility index (Phi) is 2.36. The van der Waals surface area contributed by atoms with Crippen molar-refractivity contribution in [1.82, 2.24) is 4.98 Å². The number of esters is 1. The number of rotatable bonds is 2. The SMILES string of the molecule is COC(=O)c1[nH]c(C(=N)N)cc1C. The lowest BCUT2D eigenvalue weighted by atomic mass is 10.2. The van der Waals surface area contributed by atoms with Gasteiger partial charge in [0.1, 0.15) is 11.5 Å². The standard InChI is InChI=1S/C8H11N3O2/c1-4-3-5(7(9)10)11-6(4)8(12)13-2/h3,11H,1-2H3,(H3,9,10). The Bertz CT molecular complexity index is 354. The van der Waals surface area contributed by atoms with E-state index in [4.69, 9.17) is 11.1 Å². The Hall–Kier alpha value is -1.78. The number of aromatic amines is 1. The van der Waals surface area contributed by atoms with Gasteiger partial charge in [-0.15, -0.1) is 0 Å². The molecule has 0 spiro atoms. The average molecular weight is 181 g/mol. The van der Waals surface area contributed by atoms with Gasteiger partial charge in [0.2, 0.25) is 0 Å². The minimum atomic E-state index is -0.454. The molecule has 1 heterocycles. The highest BCUT2D eigenvalue weighted by Crippen LogP contribution is 2.10. The number of ether oxygens (including phenoxy) is 1. The van der Waals surface area contributed by atoms with Crippen LogP contribution in [-0.4, -0.2) is 23.9 Å². The monoisotopic (exact) mass is 181 g/mol. The van der Waals surface area contributed by atoms with E-state index >= 15 is 0 Å². The lowest BCUT2D eigenvalue weighted by Crippen LogP contribution is -2.12. The first kappa shape index (κ1) is 9.31. The number of H-pyrrole nitrogens is 1. The number of hydrogen-bond donors (Lipinski definition) is 3. The second kappa shape index (κ2) is 3.30. The molecule has 0 aliphatic rings. The first-order chi connectivity index (χ1) is 6.06. The minimum absolute atomic E-state index is 0.0988. The molecule has 0 unspecified atom stereocenters. The average Bonchev–Trinajstić information content (AvgIpc) is 2.46. The fraction of sp³-hybridized carbons (Fsp3) is 0.250. The molecule has 5 heteroatoms. The second-order valence-corrected chi connectivity index (χ2v) is 2.65. The van der Waals surface area contributed by atoms with E-state index in [1.165, 1.54) is 7.11 Å². The van der Waals surface area contributed by atoms with Crippen molar-refractivity contribution in [2.45, 2.75) is 6.92 Å². The van der Waals surface area contributed by atoms with Crippen molar-refractivity contribution >= 4 is 11.8 Å². The topological polar surface area (TPSA) is 92.0 Å². The van der Waals surface area contributed by atoms with Crippen LogP contribution in [0.3, 0.4) is 0 Å². The molecule has 0 saturated carbocycles. The summed E-state index contributed by atoms with van der Waals surface area (Å²) >= 11 is 0. The maximum absolute atomic E-state index is 11.1. The number of methoxy groups -OCH3 is 1. The highest BCUT2D eigenvalue weighted by Gasteiger charge is 2.13. The maximum Gasteiger partial charge on any atom is 0.354 e. The van der Waals surface area contributed by atoms with Crippen molar-refractivity contribution in [3.8, 4) is 0 Å².